The van der Waals surface area contributed by atoms with E-state index in [0.717, 1.165) is 5.39 Å². The summed E-state index contributed by atoms with van der Waals surface area (Å²) in [5, 5.41) is 0.773. The van der Waals surface area contributed by atoms with E-state index in [1.807, 2.05) is 0 Å². The number of aromatic nitrogens is 1. The highest BCUT2D eigenvalue weighted by Crippen LogP contribution is 2.29. The van der Waals surface area contributed by atoms with Gasteiger partial charge in [-0.1, -0.05) is 0 Å². The Labute approximate surface area is 127 Å². The van der Waals surface area contributed by atoms with Gasteiger partial charge in [-0.05, 0) is 18.2 Å². The van der Waals surface area contributed by atoms with Crippen molar-refractivity contribution in [2.45, 2.75) is 0 Å². The lowest BCUT2D eigenvalue weighted by molar-refractivity contribution is -0.131. The van der Waals surface area contributed by atoms with Crippen molar-refractivity contribution in [1.29, 1.82) is 0 Å². The standard InChI is InChI=1S/C16H14N2O4/c1-18(2)8-12-14-11(15(19)22-16(12)20)6-9-4-5-10(21-3)7-13(9)17-14/h4-8H,1-3H3/b12-8-. The van der Waals surface area contributed by atoms with Gasteiger partial charge in [0, 0.05) is 31.7 Å². The van der Waals surface area contributed by atoms with E-state index in [1.165, 1.54) is 0 Å². The highest BCUT2D eigenvalue weighted by atomic mass is 16.6. The molecule has 0 radical (unpaired) electrons. The first-order valence-electron chi connectivity index (χ1n) is 6.63. The van der Waals surface area contributed by atoms with Crippen LogP contribution < -0.4 is 4.74 Å². The molecule has 0 atom stereocenters. The number of hydrogen-bond acceptors (Lipinski definition) is 6. The van der Waals surface area contributed by atoms with Gasteiger partial charge in [-0.2, -0.15) is 0 Å². The second-order valence-corrected chi connectivity index (χ2v) is 5.13. The monoisotopic (exact) mass is 298 g/mol. The third-order valence-electron chi connectivity index (χ3n) is 3.29. The maximum absolute atomic E-state index is 12.0. The maximum atomic E-state index is 12.0. The molecule has 0 amide bonds. The summed E-state index contributed by atoms with van der Waals surface area (Å²) in [5.74, 6) is -0.718. The molecule has 2 aromatic rings. The molecule has 0 bridgehead atoms. The fourth-order valence-corrected chi connectivity index (χ4v) is 2.30. The molecule has 3 rings (SSSR count). The largest absolute Gasteiger partial charge is 0.497 e. The molecule has 112 valence electrons. The Morgan fingerprint density at radius 1 is 1.18 bits per heavy atom. The van der Waals surface area contributed by atoms with Crippen molar-refractivity contribution in [2.24, 2.45) is 0 Å². The van der Waals surface area contributed by atoms with E-state index in [9.17, 15) is 9.59 Å². The van der Waals surface area contributed by atoms with Gasteiger partial charge in [0.25, 0.3) is 0 Å². The van der Waals surface area contributed by atoms with Gasteiger partial charge in [-0.3, -0.25) is 0 Å². The van der Waals surface area contributed by atoms with Crippen LogP contribution in [0.3, 0.4) is 0 Å². The minimum atomic E-state index is -0.694. The predicted octanol–water partition coefficient (Wildman–Crippen LogP) is 1.84. The highest BCUT2D eigenvalue weighted by molar-refractivity contribution is 6.25. The van der Waals surface area contributed by atoms with Crippen molar-refractivity contribution < 1.29 is 19.1 Å². The Morgan fingerprint density at radius 3 is 2.64 bits per heavy atom. The molecule has 0 spiro atoms. The van der Waals surface area contributed by atoms with E-state index < -0.39 is 11.9 Å². The molecular formula is C16H14N2O4. The lowest BCUT2D eigenvalue weighted by Crippen LogP contribution is -2.24. The number of pyridine rings is 1. The van der Waals surface area contributed by atoms with Crippen LogP contribution in [-0.4, -0.2) is 43.0 Å². The third-order valence-corrected chi connectivity index (χ3v) is 3.29. The molecular weight excluding hydrogens is 284 g/mol. The molecule has 0 saturated heterocycles. The van der Waals surface area contributed by atoms with Gasteiger partial charge >= 0.3 is 11.9 Å². The second-order valence-electron chi connectivity index (χ2n) is 5.13. The molecule has 1 aromatic heterocycles. The number of nitrogens with zero attached hydrogens (tertiary/aromatic N) is 2. The van der Waals surface area contributed by atoms with Crippen LogP contribution in [0.5, 0.6) is 5.75 Å². The van der Waals surface area contributed by atoms with Crippen LogP contribution in [0.1, 0.15) is 16.1 Å². The van der Waals surface area contributed by atoms with E-state index in [4.69, 9.17) is 9.47 Å². The second kappa shape index (κ2) is 5.14. The minimum absolute atomic E-state index is 0.254. The highest BCUT2D eigenvalue weighted by Gasteiger charge is 2.31. The number of esters is 2. The lowest BCUT2D eigenvalue weighted by Gasteiger charge is -2.18. The van der Waals surface area contributed by atoms with Crippen LogP contribution in [0, 0.1) is 0 Å². The van der Waals surface area contributed by atoms with Crippen LogP contribution in [0.25, 0.3) is 16.5 Å². The molecule has 0 N–H and O–H groups in total. The zero-order valence-electron chi connectivity index (χ0n) is 12.4. The Morgan fingerprint density at radius 2 is 1.95 bits per heavy atom. The molecule has 0 unspecified atom stereocenters. The Bertz CT molecular complexity index is 824. The van der Waals surface area contributed by atoms with Crippen molar-refractivity contribution >= 4 is 28.4 Å². The van der Waals surface area contributed by atoms with Gasteiger partial charge in [-0.15, -0.1) is 0 Å². The molecule has 1 aromatic carbocycles. The fraction of sp³-hybridized carbons (Fsp3) is 0.188. The summed E-state index contributed by atoms with van der Waals surface area (Å²) in [7, 11) is 5.12. The number of ether oxygens (including phenoxy) is 2. The van der Waals surface area contributed by atoms with E-state index in [0.29, 0.717) is 17.0 Å². The first kappa shape index (κ1) is 14.1. The number of hydrogen-bond donors (Lipinski definition) is 0. The van der Waals surface area contributed by atoms with Crippen LogP contribution >= 0.6 is 0 Å². The number of rotatable bonds is 2. The number of carbonyl (C=O) groups excluding carboxylic acids is 2. The normalized spacial score (nSPS) is 15.7. The summed E-state index contributed by atoms with van der Waals surface area (Å²) in [6, 6.07) is 7.02. The predicted molar refractivity (Wildman–Crippen MR) is 80.4 cm³/mol. The zero-order chi connectivity index (χ0) is 15.9. The summed E-state index contributed by atoms with van der Waals surface area (Å²) in [6.45, 7) is 0. The maximum Gasteiger partial charge on any atom is 0.349 e. The van der Waals surface area contributed by atoms with Crippen molar-refractivity contribution in [3.8, 4) is 5.75 Å². The molecule has 0 fully saturated rings. The fourth-order valence-electron chi connectivity index (χ4n) is 2.30. The third kappa shape index (κ3) is 2.28. The van der Waals surface area contributed by atoms with Gasteiger partial charge in [0.15, 0.2) is 0 Å². The number of methoxy groups -OCH3 is 1. The van der Waals surface area contributed by atoms with Crippen LogP contribution in [0.2, 0.25) is 0 Å². The number of fused-ring (bicyclic) bond motifs is 2. The van der Waals surface area contributed by atoms with Gasteiger partial charge in [-0.25, -0.2) is 14.6 Å². The average Bonchev–Trinajstić information content (AvgIpc) is 2.49. The van der Waals surface area contributed by atoms with Crippen molar-refractivity contribution in [1.82, 2.24) is 9.88 Å². The van der Waals surface area contributed by atoms with Crippen molar-refractivity contribution in [2.75, 3.05) is 21.2 Å². The van der Waals surface area contributed by atoms with E-state index in [1.54, 1.807) is 56.6 Å². The summed E-state index contributed by atoms with van der Waals surface area (Å²) in [4.78, 5) is 30.1. The topological polar surface area (TPSA) is 68.7 Å². The molecule has 0 aliphatic carbocycles. The summed E-state index contributed by atoms with van der Waals surface area (Å²) in [5.41, 5.74) is 1.51. The SMILES string of the molecule is COc1ccc2cc3c(nc2c1)/C(=C/N(C)C)C(=O)OC3=O. The molecule has 1 aliphatic heterocycles. The summed E-state index contributed by atoms with van der Waals surface area (Å²) in [6.07, 6.45) is 1.59. The van der Waals surface area contributed by atoms with Gasteiger partial charge in [0.05, 0.1) is 23.9 Å². The first-order valence-corrected chi connectivity index (χ1v) is 6.63. The number of cyclic esters (lactones) is 2. The molecule has 2 heterocycles. The van der Waals surface area contributed by atoms with Gasteiger partial charge < -0.3 is 14.4 Å². The first-order chi connectivity index (χ1) is 10.5. The van der Waals surface area contributed by atoms with E-state index >= 15 is 0 Å². The molecule has 22 heavy (non-hydrogen) atoms. The van der Waals surface area contributed by atoms with E-state index in [-0.39, 0.29) is 11.1 Å². The van der Waals surface area contributed by atoms with Crippen LogP contribution in [-0.2, 0) is 9.53 Å². The average molecular weight is 298 g/mol. The molecule has 0 saturated carbocycles. The van der Waals surface area contributed by atoms with E-state index in [2.05, 4.69) is 4.98 Å². The van der Waals surface area contributed by atoms with Crippen LogP contribution in [0.15, 0.2) is 30.5 Å². The summed E-state index contributed by atoms with van der Waals surface area (Å²) < 4.78 is 9.96. The van der Waals surface area contributed by atoms with Gasteiger partial charge in [0.1, 0.15) is 11.3 Å². The Balaban J connectivity index is 2.28. The number of benzene rings is 1. The Kier molecular flexibility index (Phi) is 3.29. The molecule has 6 nitrogen and oxygen atoms in total. The zero-order valence-corrected chi connectivity index (χ0v) is 12.4. The molecule has 1 aliphatic rings. The van der Waals surface area contributed by atoms with Gasteiger partial charge in [0.2, 0.25) is 0 Å². The number of carbonyl (C=O) groups is 2. The Hall–Kier alpha value is -2.89. The van der Waals surface area contributed by atoms with Crippen molar-refractivity contribution in [3.05, 3.63) is 41.7 Å². The summed E-state index contributed by atoms with van der Waals surface area (Å²) >= 11 is 0. The van der Waals surface area contributed by atoms with Crippen LogP contribution in [0.4, 0.5) is 0 Å². The van der Waals surface area contributed by atoms with Crippen molar-refractivity contribution in [3.63, 3.8) is 0 Å². The quantitative estimate of drug-likeness (QED) is 0.479. The lowest BCUT2D eigenvalue weighted by atomic mass is 10.0. The minimum Gasteiger partial charge on any atom is -0.497 e. The molecule has 6 heteroatoms. The smallest absolute Gasteiger partial charge is 0.349 e.